The highest BCUT2D eigenvalue weighted by Crippen LogP contribution is 2.11. The zero-order chi connectivity index (χ0) is 15.3. The van der Waals surface area contributed by atoms with Crippen molar-refractivity contribution < 1.29 is 4.58 Å². The van der Waals surface area contributed by atoms with Crippen LogP contribution < -0.4 is 0 Å². The Morgan fingerprint density at radius 3 is 2.14 bits per heavy atom. The van der Waals surface area contributed by atoms with Gasteiger partial charge < -0.3 is 0 Å². The molecule has 0 saturated heterocycles. The van der Waals surface area contributed by atoms with E-state index in [1.54, 1.807) is 0 Å². The smallest absolute Gasteiger partial charge is 0.244 e. The molecule has 0 amide bonds. The summed E-state index contributed by atoms with van der Waals surface area (Å²) in [5.41, 5.74) is 0. The van der Waals surface area contributed by atoms with Gasteiger partial charge in [-0.05, 0) is 12.8 Å². The van der Waals surface area contributed by atoms with Crippen LogP contribution in [-0.4, -0.2) is 41.5 Å². The van der Waals surface area contributed by atoms with Gasteiger partial charge in [0.2, 0.25) is 5.84 Å². The third kappa shape index (κ3) is 7.68. The Kier molecular flexibility index (Phi) is 10.3. The molecule has 0 atom stereocenters. The van der Waals surface area contributed by atoms with Crippen LogP contribution in [-0.2, 0) is 0 Å². The third-order valence-electron chi connectivity index (χ3n) is 4.69. The van der Waals surface area contributed by atoms with E-state index in [2.05, 4.69) is 29.9 Å². The van der Waals surface area contributed by atoms with Crippen LogP contribution in [0.1, 0.15) is 78.1 Å². The van der Waals surface area contributed by atoms with E-state index in [0.717, 1.165) is 6.54 Å². The lowest BCUT2D eigenvalue weighted by Gasteiger charge is -2.07. The second-order valence-corrected chi connectivity index (χ2v) is 6.45. The van der Waals surface area contributed by atoms with Crippen molar-refractivity contribution in [2.24, 2.45) is 0 Å². The zero-order valence-electron chi connectivity index (χ0n) is 14.6. The fraction of sp³-hybridized carbons (Fsp3) is 0.842. The van der Waals surface area contributed by atoms with Crippen LogP contribution in [0.4, 0.5) is 0 Å². The van der Waals surface area contributed by atoms with Crippen LogP contribution in [0.15, 0.2) is 12.7 Å². The molecule has 0 fully saturated rings. The Morgan fingerprint density at radius 2 is 1.57 bits per heavy atom. The second kappa shape index (κ2) is 11.8. The van der Waals surface area contributed by atoms with Crippen molar-refractivity contribution in [2.75, 3.05) is 26.2 Å². The lowest BCUT2D eigenvalue weighted by atomic mass is 10.1. The molecule has 0 radical (unpaired) electrons. The van der Waals surface area contributed by atoms with Crippen molar-refractivity contribution in [3.05, 3.63) is 12.7 Å². The van der Waals surface area contributed by atoms with E-state index < -0.39 is 0 Å². The van der Waals surface area contributed by atoms with E-state index in [0.29, 0.717) is 0 Å². The molecule has 0 N–H and O–H groups in total. The van der Waals surface area contributed by atoms with Gasteiger partial charge in [0.15, 0.2) is 0 Å². The van der Waals surface area contributed by atoms with Gasteiger partial charge in [-0.15, -0.1) is 0 Å². The molecule has 0 saturated carbocycles. The Hall–Kier alpha value is -0.790. The average Bonchev–Trinajstić information content (AvgIpc) is 2.83. The van der Waals surface area contributed by atoms with Gasteiger partial charge in [0, 0.05) is 6.92 Å². The van der Waals surface area contributed by atoms with E-state index in [1.165, 1.54) is 89.7 Å². The maximum atomic E-state index is 3.84. The highest BCUT2D eigenvalue weighted by molar-refractivity contribution is 5.75. The molecule has 1 aliphatic heterocycles. The van der Waals surface area contributed by atoms with Crippen LogP contribution in [0.25, 0.3) is 0 Å². The Bertz CT molecular complexity index is 307. The summed E-state index contributed by atoms with van der Waals surface area (Å²) < 4.78 is 2.55. The maximum absolute atomic E-state index is 3.84. The molecule has 0 aliphatic carbocycles. The molecule has 0 spiro atoms. The van der Waals surface area contributed by atoms with Crippen LogP contribution in [0.2, 0.25) is 0 Å². The first-order chi connectivity index (χ1) is 10.3. The van der Waals surface area contributed by atoms with Crippen molar-refractivity contribution in [3.63, 3.8) is 0 Å². The summed E-state index contributed by atoms with van der Waals surface area (Å²) >= 11 is 0. The molecule has 1 aliphatic rings. The lowest BCUT2D eigenvalue weighted by Crippen LogP contribution is -2.27. The summed E-state index contributed by atoms with van der Waals surface area (Å²) in [4.78, 5) is 2.43. The summed E-state index contributed by atoms with van der Waals surface area (Å²) in [5.74, 6) is 1.45. The zero-order valence-corrected chi connectivity index (χ0v) is 14.6. The Balaban J connectivity index is 1.96. The molecule has 0 aromatic rings. The number of amidine groups is 1. The first-order valence-corrected chi connectivity index (χ1v) is 9.24. The normalized spacial score (nSPS) is 15.0. The molecule has 1 heterocycles. The number of unbranched alkanes of at least 4 members (excludes halogenated alkanes) is 9. The first kappa shape index (κ1) is 18.3. The van der Waals surface area contributed by atoms with Crippen molar-refractivity contribution in [1.29, 1.82) is 0 Å². The summed E-state index contributed by atoms with van der Waals surface area (Å²) in [6.07, 6.45) is 16.2. The molecule has 0 aromatic carbocycles. The minimum absolute atomic E-state index is 1.00. The molecule has 122 valence electrons. The monoisotopic (exact) mass is 293 g/mol. The summed E-state index contributed by atoms with van der Waals surface area (Å²) in [5, 5.41) is 0. The summed E-state index contributed by atoms with van der Waals surface area (Å²) in [6, 6.07) is 0. The first-order valence-electron chi connectivity index (χ1n) is 9.24. The number of hydrogen-bond acceptors (Lipinski definition) is 1. The van der Waals surface area contributed by atoms with Gasteiger partial charge in [0.05, 0.1) is 6.54 Å². The number of nitrogens with zero attached hydrogens (tertiary/aromatic N) is 2. The molecule has 21 heavy (non-hydrogen) atoms. The van der Waals surface area contributed by atoms with Crippen molar-refractivity contribution in [2.45, 2.75) is 78.1 Å². The average molecular weight is 294 g/mol. The minimum atomic E-state index is 1.00. The van der Waals surface area contributed by atoms with Gasteiger partial charge in [-0.1, -0.05) is 70.9 Å². The van der Waals surface area contributed by atoms with E-state index in [1.807, 2.05) is 6.08 Å². The molecular weight excluding hydrogens is 256 g/mol. The minimum Gasteiger partial charge on any atom is -0.262 e. The molecule has 0 bridgehead atoms. The lowest BCUT2D eigenvalue weighted by molar-refractivity contribution is -0.519. The summed E-state index contributed by atoms with van der Waals surface area (Å²) in [7, 11) is 0. The highest BCUT2D eigenvalue weighted by atomic mass is 15.3. The van der Waals surface area contributed by atoms with Crippen molar-refractivity contribution in [3.8, 4) is 0 Å². The molecular formula is C19H37N2+. The molecule has 2 nitrogen and oxygen atoms in total. The molecule has 0 aromatic heterocycles. The SMILES string of the molecule is C=CCN1CC[N+](CCCCCCCCCCCC)=C1C. The van der Waals surface area contributed by atoms with Gasteiger partial charge in [0.25, 0.3) is 0 Å². The molecule has 1 rings (SSSR count). The third-order valence-corrected chi connectivity index (χ3v) is 4.69. The van der Waals surface area contributed by atoms with Gasteiger partial charge in [0.1, 0.15) is 19.6 Å². The van der Waals surface area contributed by atoms with Crippen LogP contribution in [0.5, 0.6) is 0 Å². The topological polar surface area (TPSA) is 6.25 Å². The van der Waals surface area contributed by atoms with E-state index in [9.17, 15) is 0 Å². The van der Waals surface area contributed by atoms with Crippen LogP contribution in [0, 0.1) is 0 Å². The van der Waals surface area contributed by atoms with Crippen molar-refractivity contribution in [1.82, 2.24) is 4.90 Å². The molecule has 0 unspecified atom stereocenters. The Labute approximate surface area is 132 Å². The number of hydrogen-bond donors (Lipinski definition) is 0. The quantitative estimate of drug-likeness (QED) is 0.267. The predicted molar refractivity (Wildman–Crippen MR) is 94.3 cm³/mol. The van der Waals surface area contributed by atoms with E-state index in [-0.39, 0.29) is 0 Å². The molecule has 2 heteroatoms. The Morgan fingerprint density at radius 1 is 1.00 bits per heavy atom. The van der Waals surface area contributed by atoms with Crippen LogP contribution in [0.3, 0.4) is 0 Å². The number of rotatable bonds is 13. The van der Waals surface area contributed by atoms with Gasteiger partial charge in [-0.2, -0.15) is 0 Å². The van der Waals surface area contributed by atoms with Crippen LogP contribution >= 0.6 is 0 Å². The summed E-state index contributed by atoms with van der Waals surface area (Å²) in [6.45, 7) is 13.0. The van der Waals surface area contributed by atoms with Gasteiger partial charge in [-0.25, -0.2) is 0 Å². The fourth-order valence-electron chi connectivity index (χ4n) is 3.21. The fourth-order valence-corrected chi connectivity index (χ4v) is 3.21. The van der Waals surface area contributed by atoms with Gasteiger partial charge >= 0.3 is 0 Å². The standard InChI is InChI=1S/C19H37N2/c1-4-6-7-8-9-10-11-12-13-14-16-21-18-17-20(15-5-2)19(21)3/h5H,2,4,6-18H2,1,3H3/q+1. The van der Waals surface area contributed by atoms with E-state index >= 15 is 0 Å². The maximum Gasteiger partial charge on any atom is 0.244 e. The van der Waals surface area contributed by atoms with Gasteiger partial charge in [-0.3, -0.25) is 9.48 Å². The predicted octanol–water partition coefficient (Wildman–Crippen LogP) is 4.84. The largest absolute Gasteiger partial charge is 0.262 e. The van der Waals surface area contributed by atoms with E-state index in [4.69, 9.17) is 0 Å². The van der Waals surface area contributed by atoms with Crippen molar-refractivity contribution >= 4 is 5.84 Å². The highest BCUT2D eigenvalue weighted by Gasteiger charge is 2.24. The second-order valence-electron chi connectivity index (χ2n) is 6.45.